The van der Waals surface area contributed by atoms with E-state index >= 15 is 0 Å². The summed E-state index contributed by atoms with van der Waals surface area (Å²) in [6.07, 6.45) is 2.27. The molecule has 15 heavy (non-hydrogen) atoms. The van der Waals surface area contributed by atoms with E-state index in [9.17, 15) is 5.11 Å². The highest BCUT2D eigenvalue weighted by Gasteiger charge is 2.26. The van der Waals surface area contributed by atoms with E-state index in [1.165, 1.54) is 11.1 Å². The van der Waals surface area contributed by atoms with Gasteiger partial charge in [-0.3, -0.25) is 0 Å². The molecule has 0 saturated carbocycles. The van der Waals surface area contributed by atoms with Gasteiger partial charge in [-0.2, -0.15) is 0 Å². The molecule has 1 aliphatic rings. The number of fused-ring (bicyclic) bond motifs is 1. The highest BCUT2D eigenvalue weighted by atomic mass is 16.5. The van der Waals surface area contributed by atoms with E-state index in [1.807, 2.05) is 6.07 Å². The Morgan fingerprint density at radius 2 is 2.33 bits per heavy atom. The molecule has 1 aromatic carbocycles. The third-order valence-electron chi connectivity index (χ3n) is 3.45. The quantitative estimate of drug-likeness (QED) is 0.822. The van der Waals surface area contributed by atoms with Gasteiger partial charge in [-0.15, -0.1) is 0 Å². The van der Waals surface area contributed by atoms with Gasteiger partial charge >= 0.3 is 0 Å². The van der Waals surface area contributed by atoms with Crippen LogP contribution in [0.15, 0.2) is 18.2 Å². The SMILES string of the molecule is COc1ccc2c(c1)CCC2C(C)CO. The monoisotopic (exact) mass is 206 g/mol. The molecule has 2 rings (SSSR count). The lowest BCUT2D eigenvalue weighted by atomic mass is 9.89. The normalized spacial score (nSPS) is 21.1. The fraction of sp³-hybridized carbons (Fsp3) is 0.538. The van der Waals surface area contributed by atoms with Crippen molar-refractivity contribution in [3.8, 4) is 5.75 Å². The second-order valence-electron chi connectivity index (χ2n) is 4.37. The number of methoxy groups -OCH3 is 1. The molecule has 0 fully saturated rings. The molecule has 2 nitrogen and oxygen atoms in total. The van der Waals surface area contributed by atoms with E-state index in [1.54, 1.807) is 7.11 Å². The van der Waals surface area contributed by atoms with Crippen LogP contribution in [0.4, 0.5) is 0 Å². The fourth-order valence-electron chi connectivity index (χ4n) is 2.47. The van der Waals surface area contributed by atoms with Crippen molar-refractivity contribution in [2.45, 2.75) is 25.7 Å². The topological polar surface area (TPSA) is 29.5 Å². The maximum atomic E-state index is 9.20. The van der Waals surface area contributed by atoms with Crippen LogP contribution in [0, 0.1) is 5.92 Å². The second kappa shape index (κ2) is 4.23. The summed E-state index contributed by atoms with van der Waals surface area (Å²) < 4.78 is 5.21. The van der Waals surface area contributed by atoms with Crippen LogP contribution in [0.25, 0.3) is 0 Å². The van der Waals surface area contributed by atoms with Crippen molar-refractivity contribution in [3.63, 3.8) is 0 Å². The molecule has 2 heteroatoms. The van der Waals surface area contributed by atoms with Crippen LogP contribution in [-0.4, -0.2) is 18.8 Å². The van der Waals surface area contributed by atoms with E-state index < -0.39 is 0 Å². The largest absolute Gasteiger partial charge is 0.497 e. The Morgan fingerprint density at radius 3 is 3.00 bits per heavy atom. The molecule has 0 saturated heterocycles. The van der Waals surface area contributed by atoms with Gasteiger partial charge in [-0.25, -0.2) is 0 Å². The third-order valence-corrected chi connectivity index (χ3v) is 3.45. The van der Waals surface area contributed by atoms with Crippen LogP contribution in [0.3, 0.4) is 0 Å². The molecule has 0 radical (unpaired) electrons. The predicted molar refractivity (Wildman–Crippen MR) is 60.3 cm³/mol. The standard InChI is InChI=1S/C13H18O2/c1-9(8-14)12-5-3-10-7-11(15-2)4-6-13(10)12/h4,6-7,9,12,14H,3,5,8H2,1-2H3. The maximum absolute atomic E-state index is 9.20. The molecule has 1 aliphatic carbocycles. The number of benzene rings is 1. The van der Waals surface area contributed by atoms with Gasteiger partial charge in [0.1, 0.15) is 5.75 Å². The van der Waals surface area contributed by atoms with Crippen molar-refractivity contribution in [1.82, 2.24) is 0 Å². The van der Waals surface area contributed by atoms with Gasteiger partial charge in [0.15, 0.2) is 0 Å². The molecule has 0 aliphatic heterocycles. The first-order valence-electron chi connectivity index (χ1n) is 5.54. The first kappa shape index (κ1) is 10.5. The predicted octanol–water partition coefficient (Wildman–Crippen LogP) is 2.35. The summed E-state index contributed by atoms with van der Waals surface area (Å²) in [5.41, 5.74) is 2.79. The lowest BCUT2D eigenvalue weighted by molar-refractivity contribution is 0.215. The molecule has 2 unspecified atom stereocenters. The van der Waals surface area contributed by atoms with E-state index in [0.29, 0.717) is 11.8 Å². The molecule has 0 bridgehead atoms. The number of ether oxygens (including phenoxy) is 1. The lowest BCUT2D eigenvalue weighted by Gasteiger charge is -2.17. The lowest BCUT2D eigenvalue weighted by Crippen LogP contribution is -2.10. The van der Waals surface area contributed by atoms with E-state index in [4.69, 9.17) is 4.74 Å². The fourth-order valence-corrected chi connectivity index (χ4v) is 2.47. The number of hydrogen-bond acceptors (Lipinski definition) is 2. The molecule has 0 aromatic heterocycles. The van der Waals surface area contributed by atoms with Crippen LogP contribution < -0.4 is 4.74 Å². The van der Waals surface area contributed by atoms with E-state index in [0.717, 1.165) is 18.6 Å². The minimum Gasteiger partial charge on any atom is -0.497 e. The van der Waals surface area contributed by atoms with Gasteiger partial charge in [0.05, 0.1) is 7.11 Å². The first-order valence-corrected chi connectivity index (χ1v) is 5.54. The first-order chi connectivity index (χ1) is 7.26. The highest BCUT2D eigenvalue weighted by molar-refractivity contribution is 5.41. The van der Waals surface area contributed by atoms with E-state index in [-0.39, 0.29) is 6.61 Å². The summed E-state index contributed by atoms with van der Waals surface area (Å²) in [7, 11) is 1.70. The van der Waals surface area contributed by atoms with Gasteiger partial charge in [-0.05, 0) is 47.9 Å². The Balaban J connectivity index is 2.28. The molecular formula is C13H18O2. The molecule has 1 aromatic rings. The summed E-state index contributed by atoms with van der Waals surface area (Å²) in [6.45, 7) is 2.39. The second-order valence-corrected chi connectivity index (χ2v) is 4.37. The molecule has 0 heterocycles. The number of hydrogen-bond donors (Lipinski definition) is 1. The molecule has 0 spiro atoms. The molecule has 2 atom stereocenters. The van der Waals surface area contributed by atoms with Crippen molar-refractivity contribution in [2.75, 3.05) is 13.7 Å². The summed E-state index contributed by atoms with van der Waals surface area (Å²) in [4.78, 5) is 0. The van der Waals surface area contributed by atoms with Gasteiger partial charge in [0, 0.05) is 6.61 Å². The summed E-state index contributed by atoms with van der Waals surface area (Å²) in [5, 5.41) is 9.20. The smallest absolute Gasteiger partial charge is 0.119 e. The highest BCUT2D eigenvalue weighted by Crippen LogP contribution is 2.39. The van der Waals surface area contributed by atoms with Gasteiger partial charge < -0.3 is 9.84 Å². The van der Waals surface area contributed by atoms with Crippen LogP contribution in [0.1, 0.15) is 30.4 Å². The average Bonchev–Trinajstić information content (AvgIpc) is 2.70. The number of rotatable bonds is 3. The van der Waals surface area contributed by atoms with Crippen LogP contribution in [0.5, 0.6) is 5.75 Å². The Labute approximate surface area is 90.9 Å². The zero-order valence-corrected chi connectivity index (χ0v) is 9.36. The van der Waals surface area contributed by atoms with Gasteiger partial charge in [0.25, 0.3) is 0 Å². The Hall–Kier alpha value is -1.02. The van der Waals surface area contributed by atoms with Crippen LogP contribution >= 0.6 is 0 Å². The number of aliphatic hydroxyl groups excluding tert-OH is 1. The van der Waals surface area contributed by atoms with Crippen LogP contribution in [-0.2, 0) is 6.42 Å². The minimum absolute atomic E-state index is 0.274. The van der Waals surface area contributed by atoms with Crippen molar-refractivity contribution >= 4 is 0 Å². The third kappa shape index (κ3) is 1.86. The minimum atomic E-state index is 0.274. The zero-order valence-electron chi connectivity index (χ0n) is 9.36. The number of aliphatic hydroxyl groups is 1. The molecular weight excluding hydrogens is 188 g/mol. The molecule has 82 valence electrons. The van der Waals surface area contributed by atoms with Crippen molar-refractivity contribution < 1.29 is 9.84 Å². The van der Waals surface area contributed by atoms with Gasteiger partial charge in [-0.1, -0.05) is 13.0 Å². The van der Waals surface area contributed by atoms with Crippen molar-refractivity contribution in [3.05, 3.63) is 29.3 Å². The van der Waals surface area contributed by atoms with E-state index in [2.05, 4.69) is 19.1 Å². The maximum Gasteiger partial charge on any atom is 0.119 e. The summed E-state index contributed by atoms with van der Waals surface area (Å²) >= 11 is 0. The Morgan fingerprint density at radius 1 is 1.53 bits per heavy atom. The van der Waals surface area contributed by atoms with Crippen molar-refractivity contribution in [2.24, 2.45) is 5.92 Å². The van der Waals surface area contributed by atoms with Crippen LogP contribution in [0.2, 0.25) is 0 Å². The average molecular weight is 206 g/mol. The zero-order chi connectivity index (χ0) is 10.8. The Bertz CT molecular complexity index is 346. The Kier molecular flexibility index (Phi) is 2.96. The summed E-state index contributed by atoms with van der Waals surface area (Å²) in [5.74, 6) is 1.82. The molecule has 0 amide bonds. The van der Waals surface area contributed by atoms with Gasteiger partial charge in [0.2, 0.25) is 0 Å². The molecule has 1 N–H and O–H groups in total. The van der Waals surface area contributed by atoms with Crippen molar-refractivity contribution in [1.29, 1.82) is 0 Å². The number of aryl methyl sites for hydroxylation is 1. The summed E-state index contributed by atoms with van der Waals surface area (Å²) in [6, 6.07) is 6.29.